The number of nitrogens with two attached hydrogens (primary N) is 1. The number of hydrogen-bond acceptors (Lipinski definition) is 6. The Labute approximate surface area is 151 Å². The summed E-state index contributed by atoms with van der Waals surface area (Å²) in [6, 6.07) is 5.83. The molecule has 0 bridgehead atoms. The van der Waals surface area contributed by atoms with Crippen molar-refractivity contribution in [1.29, 1.82) is 0 Å². The van der Waals surface area contributed by atoms with Gasteiger partial charge < -0.3 is 24.9 Å². The van der Waals surface area contributed by atoms with Crippen LogP contribution in [0.25, 0.3) is 0 Å². The number of aromatic amines is 1. The molecule has 0 spiro atoms. The fourth-order valence-electron chi connectivity index (χ4n) is 3.36. The van der Waals surface area contributed by atoms with Crippen LogP contribution in [0.15, 0.2) is 34.6 Å². The predicted molar refractivity (Wildman–Crippen MR) is 98.1 cm³/mol. The molecule has 1 aromatic heterocycles. The molecule has 0 aliphatic carbocycles. The molecule has 1 atom stereocenters. The zero-order valence-corrected chi connectivity index (χ0v) is 15.5. The molecule has 7 heteroatoms. The monoisotopic (exact) mass is 354 g/mol. The number of nitrogens with one attached hydrogen (secondary N) is 1. The van der Waals surface area contributed by atoms with E-state index in [9.17, 15) is 0 Å². The van der Waals surface area contributed by atoms with Crippen molar-refractivity contribution in [2.45, 2.75) is 32.1 Å². The van der Waals surface area contributed by atoms with Crippen LogP contribution < -0.4 is 15.2 Å². The summed E-state index contributed by atoms with van der Waals surface area (Å²) in [6.07, 6.45) is 0. The molecule has 3 heterocycles. The number of nitrogens with zero attached hydrogens (tertiary/aromatic N) is 2. The number of benzene rings is 1. The lowest BCUT2D eigenvalue weighted by Gasteiger charge is -2.30. The zero-order valence-electron chi connectivity index (χ0n) is 15.5. The highest BCUT2D eigenvalue weighted by Gasteiger charge is 2.41. The van der Waals surface area contributed by atoms with Gasteiger partial charge in [-0.25, -0.2) is 4.99 Å². The van der Waals surface area contributed by atoms with Gasteiger partial charge in [0.05, 0.1) is 31.4 Å². The van der Waals surface area contributed by atoms with Crippen molar-refractivity contribution in [2.24, 2.45) is 10.7 Å². The van der Waals surface area contributed by atoms with Crippen LogP contribution in [0.2, 0.25) is 0 Å². The summed E-state index contributed by atoms with van der Waals surface area (Å²) in [4.78, 5) is 12.7. The Morgan fingerprint density at radius 3 is 2.62 bits per heavy atom. The molecule has 136 valence electrons. The zero-order chi connectivity index (χ0) is 18.6. The first-order chi connectivity index (χ1) is 12.3. The van der Waals surface area contributed by atoms with Gasteiger partial charge in [-0.05, 0) is 11.6 Å². The highest BCUT2D eigenvalue weighted by molar-refractivity contribution is 6.01. The predicted octanol–water partition coefficient (Wildman–Crippen LogP) is 3.10. The topological polar surface area (TPSA) is 94.8 Å². The Balaban J connectivity index is 1.99. The minimum absolute atomic E-state index is 0.153. The number of fused-ring (bicyclic) bond motifs is 5. The summed E-state index contributed by atoms with van der Waals surface area (Å²) in [6.45, 7) is 6.28. The first kappa shape index (κ1) is 16.5. The highest BCUT2D eigenvalue weighted by Crippen LogP contribution is 2.50. The average Bonchev–Trinajstić information content (AvgIpc) is 3.04. The lowest BCUT2D eigenvalue weighted by molar-refractivity contribution is 0.359. The van der Waals surface area contributed by atoms with Crippen molar-refractivity contribution < 1.29 is 14.2 Å². The molecule has 1 unspecified atom stereocenters. The van der Waals surface area contributed by atoms with Gasteiger partial charge >= 0.3 is 0 Å². The van der Waals surface area contributed by atoms with Gasteiger partial charge in [-0.1, -0.05) is 32.9 Å². The van der Waals surface area contributed by atoms with Crippen molar-refractivity contribution in [3.05, 3.63) is 46.7 Å². The Morgan fingerprint density at radius 1 is 1.19 bits per heavy atom. The van der Waals surface area contributed by atoms with E-state index < -0.39 is 0 Å². The third kappa shape index (κ3) is 2.27. The largest absolute Gasteiger partial charge is 0.494 e. The van der Waals surface area contributed by atoms with Crippen molar-refractivity contribution in [2.75, 3.05) is 14.2 Å². The van der Waals surface area contributed by atoms with E-state index in [0.717, 1.165) is 22.8 Å². The average molecular weight is 354 g/mol. The second-order valence-electron chi connectivity index (χ2n) is 7.39. The van der Waals surface area contributed by atoms with Gasteiger partial charge in [0.2, 0.25) is 17.7 Å². The minimum Gasteiger partial charge on any atom is -0.494 e. The van der Waals surface area contributed by atoms with Crippen LogP contribution in [0, 0.1) is 0 Å². The first-order valence-electron chi connectivity index (χ1n) is 8.43. The van der Waals surface area contributed by atoms with Crippen LogP contribution in [-0.2, 0) is 10.2 Å². The second-order valence-corrected chi connectivity index (χ2v) is 7.39. The maximum Gasteiger partial charge on any atom is 0.243 e. The fraction of sp³-hybridized carbons (Fsp3) is 0.368. The van der Waals surface area contributed by atoms with Gasteiger partial charge in [0, 0.05) is 5.41 Å². The molecule has 7 nitrogen and oxygen atoms in total. The van der Waals surface area contributed by atoms with Gasteiger partial charge in [0.1, 0.15) is 17.3 Å². The highest BCUT2D eigenvalue weighted by atomic mass is 16.5. The van der Waals surface area contributed by atoms with E-state index in [-0.39, 0.29) is 17.2 Å². The van der Waals surface area contributed by atoms with Crippen LogP contribution in [0.4, 0.5) is 5.69 Å². The molecule has 26 heavy (non-hydrogen) atoms. The number of imidazole rings is 1. The summed E-state index contributed by atoms with van der Waals surface area (Å²) >= 11 is 0. The van der Waals surface area contributed by atoms with Crippen LogP contribution in [0.3, 0.4) is 0 Å². The number of aliphatic imine (C=N–C) groups is 1. The fourth-order valence-corrected chi connectivity index (χ4v) is 3.36. The van der Waals surface area contributed by atoms with Gasteiger partial charge in [0.25, 0.3) is 0 Å². The van der Waals surface area contributed by atoms with Crippen molar-refractivity contribution in [3.8, 4) is 11.6 Å². The van der Waals surface area contributed by atoms with Crippen LogP contribution in [0.5, 0.6) is 11.6 Å². The summed E-state index contributed by atoms with van der Waals surface area (Å²) in [7, 11) is 3.19. The summed E-state index contributed by atoms with van der Waals surface area (Å²) in [5, 5.41) is 0. The molecular weight excluding hydrogens is 332 g/mol. The standard InChI is InChI=1S/C19H22N4O3/c1-19(2,3)18-22-14-11-9-7-6-8-10(24-4)13(9)21-16(25-5)12(11)15(20)26-17(14)23-18/h6-8,11H,20H2,1-5H3,(H,22,23). The van der Waals surface area contributed by atoms with Gasteiger partial charge in [0.15, 0.2) is 0 Å². The Kier molecular flexibility index (Phi) is 3.50. The molecule has 0 amide bonds. The number of H-pyrrole nitrogens is 1. The van der Waals surface area contributed by atoms with E-state index >= 15 is 0 Å². The molecule has 0 fully saturated rings. The summed E-state index contributed by atoms with van der Waals surface area (Å²) < 4.78 is 16.8. The van der Waals surface area contributed by atoms with E-state index in [1.807, 2.05) is 18.2 Å². The molecule has 2 aromatic rings. The Bertz CT molecular complexity index is 950. The van der Waals surface area contributed by atoms with Gasteiger partial charge in [-0.3, -0.25) is 0 Å². The third-order valence-electron chi connectivity index (χ3n) is 4.65. The van der Waals surface area contributed by atoms with E-state index in [0.29, 0.717) is 23.1 Å². The quantitative estimate of drug-likeness (QED) is 0.820. The third-order valence-corrected chi connectivity index (χ3v) is 4.65. The number of hydrogen-bond donors (Lipinski definition) is 2. The van der Waals surface area contributed by atoms with Crippen molar-refractivity contribution >= 4 is 11.6 Å². The second kappa shape index (κ2) is 5.52. The molecule has 0 saturated carbocycles. The van der Waals surface area contributed by atoms with Gasteiger partial charge in [-0.2, -0.15) is 4.98 Å². The van der Waals surface area contributed by atoms with E-state index in [1.54, 1.807) is 14.2 Å². The summed E-state index contributed by atoms with van der Waals surface area (Å²) in [5.41, 5.74) is 9.32. The van der Waals surface area contributed by atoms with Crippen molar-refractivity contribution in [1.82, 2.24) is 9.97 Å². The lowest BCUT2D eigenvalue weighted by atomic mass is 9.83. The number of para-hydroxylation sites is 1. The Hall–Kier alpha value is -2.96. The van der Waals surface area contributed by atoms with Crippen LogP contribution in [0.1, 0.15) is 43.8 Å². The van der Waals surface area contributed by atoms with Crippen molar-refractivity contribution in [3.63, 3.8) is 0 Å². The van der Waals surface area contributed by atoms with E-state index in [2.05, 4.69) is 35.7 Å². The van der Waals surface area contributed by atoms with Crippen LogP contribution >= 0.6 is 0 Å². The number of methoxy groups -OCH3 is 2. The first-order valence-corrected chi connectivity index (χ1v) is 8.43. The molecule has 2 aliphatic heterocycles. The molecule has 3 N–H and O–H groups in total. The molecule has 0 saturated heterocycles. The lowest BCUT2D eigenvalue weighted by Crippen LogP contribution is -2.29. The number of aromatic nitrogens is 2. The van der Waals surface area contributed by atoms with E-state index in [4.69, 9.17) is 19.9 Å². The molecular formula is C19H22N4O3. The molecule has 1 aromatic carbocycles. The molecule has 0 radical (unpaired) electrons. The normalized spacial score (nSPS) is 18.3. The van der Waals surface area contributed by atoms with Crippen LogP contribution in [-0.4, -0.2) is 30.1 Å². The van der Waals surface area contributed by atoms with E-state index in [1.165, 1.54) is 0 Å². The smallest absolute Gasteiger partial charge is 0.243 e. The minimum atomic E-state index is -0.208. The maximum absolute atomic E-state index is 6.23. The summed E-state index contributed by atoms with van der Waals surface area (Å²) in [5.74, 6) is 2.47. The SMILES string of the molecule is COC1=Nc2c(OC)cccc2C2C1=C(N)Oc1nc(C(C)(C)C)[nH]c12. The Morgan fingerprint density at radius 2 is 1.96 bits per heavy atom. The maximum atomic E-state index is 6.23. The number of rotatable bonds is 1. The molecule has 4 rings (SSSR count). The van der Waals surface area contributed by atoms with Gasteiger partial charge in [-0.15, -0.1) is 0 Å². The molecule has 2 aliphatic rings. The number of ether oxygens (including phenoxy) is 3.